The van der Waals surface area contributed by atoms with Crippen LogP contribution in [0.4, 0.5) is 33.0 Å². The van der Waals surface area contributed by atoms with E-state index in [1.54, 1.807) is 43.6 Å². The number of aromatic nitrogens is 2. The molecular weight excluding hydrogens is 459 g/mol. The van der Waals surface area contributed by atoms with Crippen molar-refractivity contribution < 1.29 is 14.0 Å². The third-order valence-corrected chi connectivity index (χ3v) is 6.00. The van der Waals surface area contributed by atoms with Gasteiger partial charge in [-0.1, -0.05) is 0 Å². The second kappa shape index (κ2) is 11.3. The molecule has 1 aliphatic heterocycles. The van der Waals surface area contributed by atoms with Crippen molar-refractivity contribution in [1.82, 2.24) is 9.97 Å². The normalized spacial score (nSPS) is 13.6. The maximum absolute atomic E-state index is 14.4. The van der Waals surface area contributed by atoms with E-state index in [4.69, 9.17) is 4.84 Å². The summed E-state index contributed by atoms with van der Waals surface area (Å²) in [6.45, 7) is 7.65. The van der Waals surface area contributed by atoms with Gasteiger partial charge in [0.15, 0.2) is 0 Å². The lowest BCUT2D eigenvalue weighted by atomic mass is 10.1. The summed E-state index contributed by atoms with van der Waals surface area (Å²) in [5, 5.41) is 7.60. The molecule has 0 saturated carbocycles. The van der Waals surface area contributed by atoms with Crippen molar-refractivity contribution in [1.29, 1.82) is 0 Å². The van der Waals surface area contributed by atoms with Crippen LogP contribution in [-0.2, 0) is 4.84 Å². The molecule has 190 valence electrons. The molecule has 1 aromatic carbocycles. The smallest absolute Gasteiger partial charge is 0.284 e. The fraction of sp³-hybridized carbons (Fsp3) is 0.370. The number of nitrogens with one attached hydrogen (secondary N) is 2. The van der Waals surface area contributed by atoms with Crippen LogP contribution in [0.15, 0.2) is 48.8 Å². The van der Waals surface area contributed by atoms with Crippen LogP contribution < -0.4 is 20.6 Å². The molecular formula is C27H33FN6O2. The summed E-state index contributed by atoms with van der Waals surface area (Å²) in [7, 11) is 1.43. The van der Waals surface area contributed by atoms with Crippen molar-refractivity contribution in [3.63, 3.8) is 0 Å². The van der Waals surface area contributed by atoms with Crippen LogP contribution in [0.3, 0.4) is 0 Å². The van der Waals surface area contributed by atoms with Gasteiger partial charge >= 0.3 is 0 Å². The van der Waals surface area contributed by atoms with Gasteiger partial charge in [0, 0.05) is 30.5 Å². The number of carbonyl (C=O) groups is 1. The summed E-state index contributed by atoms with van der Waals surface area (Å²) in [4.78, 5) is 29.8. The Bertz CT molecular complexity index is 1200. The molecule has 0 spiro atoms. The summed E-state index contributed by atoms with van der Waals surface area (Å²) < 4.78 is 14.4. The molecule has 0 radical (unpaired) electrons. The van der Waals surface area contributed by atoms with Gasteiger partial charge in [-0.05, 0) is 76.4 Å². The lowest BCUT2D eigenvalue weighted by molar-refractivity contribution is 0.0772. The largest absolute Gasteiger partial charge is 0.371 e. The van der Waals surface area contributed by atoms with Crippen LogP contribution in [0.1, 0.15) is 49.2 Å². The second-order valence-electron chi connectivity index (χ2n) is 9.21. The molecule has 36 heavy (non-hydrogen) atoms. The summed E-state index contributed by atoms with van der Waals surface area (Å²) in [5.74, 6) is 0.0106. The predicted octanol–water partition coefficient (Wildman–Crippen LogP) is 5.69. The van der Waals surface area contributed by atoms with E-state index in [9.17, 15) is 9.18 Å². The van der Waals surface area contributed by atoms with Gasteiger partial charge in [0.1, 0.15) is 11.6 Å². The first-order chi connectivity index (χ1) is 17.3. The summed E-state index contributed by atoms with van der Waals surface area (Å²) in [6.07, 6.45) is 6.62. The maximum Gasteiger partial charge on any atom is 0.284 e. The Hall–Kier alpha value is -3.72. The van der Waals surface area contributed by atoms with Gasteiger partial charge in [0.05, 0.1) is 42.1 Å². The van der Waals surface area contributed by atoms with Gasteiger partial charge in [-0.3, -0.25) is 14.6 Å². The number of halogens is 1. The average molecular weight is 493 g/mol. The van der Waals surface area contributed by atoms with E-state index in [-0.39, 0.29) is 17.8 Å². The van der Waals surface area contributed by atoms with E-state index in [0.717, 1.165) is 31.6 Å². The number of carbonyl (C=O) groups excluding carboxylic acids is 1. The average Bonchev–Trinajstić information content (AvgIpc) is 2.86. The minimum Gasteiger partial charge on any atom is -0.371 e. The summed E-state index contributed by atoms with van der Waals surface area (Å²) in [5.41, 5.74) is 3.42. The molecule has 8 nitrogen and oxygen atoms in total. The summed E-state index contributed by atoms with van der Waals surface area (Å²) in [6, 6.07) is 10.4. The minimum atomic E-state index is -0.384. The number of piperidine rings is 1. The predicted molar refractivity (Wildman–Crippen MR) is 142 cm³/mol. The summed E-state index contributed by atoms with van der Waals surface area (Å²) >= 11 is 0. The molecule has 0 unspecified atom stereocenters. The molecule has 1 saturated heterocycles. The molecule has 1 aliphatic rings. The van der Waals surface area contributed by atoms with Gasteiger partial charge in [-0.2, -0.15) is 5.06 Å². The number of hydrogen-bond donors (Lipinski definition) is 2. The van der Waals surface area contributed by atoms with Crippen LogP contribution >= 0.6 is 0 Å². The maximum atomic E-state index is 14.4. The van der Waals surface area contributed by atoms with Crippen LogP contribution in [0.2, 0.25) is 0 Å². The first kappa shape index (κ1) is 25.4. The van der Waals surface area contributed by atoms with Gasteiger partial charge in [-0.15, -0.1) is 0 Å². The van der Waals surface area contributed by atoms with Crippen molar-refractivity contribution in [2.24, 2.45) is 0 Å². The number of anilines is 5. The third-order valence-electron chi connectivity index (χ3n) is 6.00. The van der Waals surface area contributed by atoms with Crippen LogP contribution in [0.5, 0.6) is 0 Å². The Morgan fingerprint density at radius 1 is 1.06 bits per heavy atom. The molecule has 2 N–H and O–H groups in total. The highest BCUT2D eigenvalue weighted by molar-refractivity contribution is 6.06. The Labute approximate surface area is 211 Å². The molecule has 4 rings (SSSR count). The molecule has 1 amide bonds. The van der Waals surface area contributed by atoms with Gasteiger partial charge in [-0.25, -0.2) is 9.37 Å². The zero-order chi connectivity index (χ0) is 25.7. The second-order valence-corrected chi connectivity index (χ2v) is 9.21. The topological polar surface area (TPSA) is 82.6 Å². The number of hydrogen-bond acceptors (Lipinski definition) is 7. The van der Waals surface area contributed by atoms with Crippen molar-refractivity contribution in [3.05, 3.63) is 65.9 Å². The van der Waals surface area contributed by atoms with Gasteiger partial charge < -0.3 is 15.5 Å². The quantitative estimate of drug-likeness (QED) is 0.391. The van der Waals surface area contributed by atoms with E-state index in [1.165, 1.54) is 24.7 Å². The van der Waals surface area contributed by atoms with Crippen molar-refractivity contribution >= 4 is 34.5 Å². The van der Waals surface area contributed by atoms with Crippen LogP contribution in [0.25, 0.3) is 0 Å². The van der Waals surface area contributed by atoms with E-state index in [2.05, 4.69) is 25.5 Å². The SMILES string of the molecule is CON(C(=O)c1cc(Nc2cc(F)cc(N3CCCCC3)c2)cnc1C)c1ccc(NC(C)C)nc1. The van der Waals surface area contributed by atoms with Crippen LogP contribution in [-0.4, -0.2) is 42.1 Å². The molecule has 3 heterocycles. The number of nitrogens with zero attached hydrogens (tertiary/aromatic N) is 4. The number of benzene rings is 1. The molecule has 3 aromatic rings. The number of aryl methyl sites for hydroxylation is 1. The Kier molecular flexibility index (Phi) is 8.00. The standard InChI is InChI=1S/C27H33FN6O2/c1-18(2)31-26-9-8-23(17-30-26)34(36-4)27(35)25-15-22(16-29-19(25)3)32-21-12-20(28)13-24(14-21)33-10-6-5-7-11-33/h8-9,12-18,32H,5-7,10-11H2,1-4H3,(H,30,31). The first-order valence-electron chi connectivity index (χ1n) is 12.2. The Morgan fingerprint density at radius 3 is 2.50 bits per heavy atom. The number of amides is 1. The Balaban J connectivity index is 1.55. The molecule has 0 bridgehead atoms. The van der Waals surface area contributed by atoms with Crippen molar-refractivity contribution in [3.8, 4) is 0 Å². The van der Waals surface area contributed by atoms with Gasteiger partial charge in [0.2, 0.25) is 0 Å². The fourth-order valence-corrected chi connectivity index (χ4v) is 4.27. The highest BCUT2D eigenvalue weighted by Crippen LogP contribution is 2.28. The highest BCUT2D eigenvalue weighted by Gasteiger charge is 2.22. The van der Waals surface area contributed by atoms with E-state index >= 15 is 0 Å². The molecule has 9 heteroatoms. The van der Waals surface area contributed by atoms with Crippen LogP contribution in [0, 0.1) is 12.7 Å². The molecule has 0 atom stereocenters. The zero-order valence-electron chi connectivity index (χ0n) is 21.2. The number of hydroxylamine groups is 1. The molecule has 1 fully saturated rings. The monoisotopic (exact) mass is 492 g/mol. The van der Waals surface area contributed by atoms with Crippen molar-refractivity contribution in [2.75, 3.05) is 40.8 Å². The minimum absolute atomic E-state index is 0.237. The highest BCUT2D eigenvalue weighted by atomic mass is 19.1. The molecule has 0 aliphatic carbocycles. The fourth-order valence-electron chi connectivity index (χ4n) is 4.27. The molecule has 2 aromatic heterocycles. The van der Waals surface area contributed by atoms with Gasteiger partial charge in [0.25, 0.3) is 5.91 Å². The zero-order valence-corrected chi connectivity index (χ0v) is 21.2. The lowest BCUT2D eigenvalue weighted by Crippen LogP contribution is -2.30. The Morgan fingerprint density at radius 2 is 1.83 bits per heavy atom. The van der Waals surface area contributed by atoms with E-state index < -0.39 is 0 Å². The number of rotatable bonds is 8. The first-order valence-corrected chi connectivity index (χ1v) is 12.2. The van der Waals surface area contributed by atoms with E-state index in [1.807, 2.05) is 19.9 Å². The third kappa shape index (κ3) is 6.09. The number of pyridine rings is 2. The lowest BCUT2D eigenvalue weighted by Gasteiger charge is -2.29. The van der Waals surface area contributed by atoms with Crippen molar-refractivity contribution in [2.45, 2.75) is 46.1 Å². The van der Waals surface area contributed by atoms with E-state index in [0.29, 0.717) is 34.1 Å².